The van der Waals surface area contributed by atoms with Gasteiger partial charge in [0.15, 0.2) is 0 Å². The molecule has 0 bridgehead atoms. The monoisotopic (exact) mass is 370 g/mol. The number of hydrogen-bond donors (Lipinski definition) is 0. The van der Waals surface area contributed by atoms with Gasteiger partial charge in [0.05, 0.1) is 6.10 Å². The molecule has 0 spiro atoms. The third-order valence-corrected chi connectivity index (χ3v) is 6.18. The van der Waals surface area contributed by atoms with Crippen LogP contribution in [0.2, 0.25) is 0 Å². The highest BCUT2D eigenvalue weighted by Crippen LogP contribution is 2.29. The summed E-state index contributed by atoms with van der Waals surface area (Å²) < 4.78 is 6.18. The maximum atomic E-state index is 6.18. The van der Waals surface area contributed by atoms with E-state index in [1.807, 2.05) is 0 Å². The molecular formula is C26H42O. The van der Waals surface area contributed by atoms with Crippen LogP contribution >= 0.6 is 0 Å². The molecular weight excluding hydrogens is 328 g/mol. The number of ether oxygens (including phenoxy) is 1. The molecule has 4 unspecified atom stereocenters. The second-order valence-electron chi connectivity index (χ2n) is 9.31. The fraction of sp³-hybridized carbons (Fsp3) is 0.692. The molecule has 0 saturated heterocycles. The van der Waals surface area contributed by atoms with E-state index in [0.717, 1.165) is 24.9 Å². The van der Waals surface area contributed by atoms with Crippen LogP contribution in [-0.4, -0.2) is 12.7 Å². The van der Waals surface area contributed by atoms with E-state index < -0.39 is 0 Å². The predicted molar refractivity (Wildman–Crippen MR) is 118 cm³/mol. The molecule has 1 aromatic carbocycles. The third-order valence-electron chi connectivity index (χ3n) is 6.18. The molecule has 1 aliphatic rings. The normalized spacial score (nSPS) is 22.1. The first kappa shape index (κ1) is 22.2. The zero-order valence-electron chi connectivity index (χ0n) is 18.4. The molecule has 0 amide bonds. The maximum absolute atomic E-state index is 6.18. The maximum Gasteiger partial charge on any atom is 0.0756 e. The summed E-state index contributed by atoms with van der Waals surface area (Å²) >= 11 is 0. The van der Waals surface area contributed by atoms with E-state index in [2.05, 4.69) is 71.0 Å². The SMILES string of the molecule is CCC(C)CCC(C)COC1C=CC(c2ccc(CCC(C)C)cc2)CC1. The Hall–Kier alpha value is -1.08. The van der Waals surface area contributed by atoms with E-state index >= 15 is 0 Å². The predicted octanol–water partition coefficient (Wildman–Crippen LogP) is 7.56. The lowest BCUT2D eigenvalue weighted by molar-refractivity contribution is 0.0483. The molecule has 1 aromatic rings. The Labute approximate surface area is 168 Å². The van der Waals surface area contributed by atoms with Crippen molar-refractivity contribution in [1.82, 2.24) is 0 Å². The average molecular weight is 371 g/mol. The zero-order valence-corrected chi connectivity index (χ0v) is 18.4. The van der Waals surface area contributed by atoms with E-state index in [1.165, 1.54) is 49.7 Å². The van der Waals surface area contributed by atoms with Crippen molar-refractivity contribution in [1.29, 1.82) is 0 Å². The van der Waals surface area contributed by atoms with Gasteiger partial charge in [-0.1, -0.05) is 83.9 Å². The first-order valence-corrected chi connectivity index (χ1v) is 11.4. The Morgan fingerprint density at radius 3 is 2.19 bits per heavy atom. The Bertz CT molecular complexity index is 542. The molecule has 1 heteroatoms. The first-order chi connectivity index (χ1) is 13.0. The number of benzene rings is 1. The van der Waals surface area contributed by atoms with Gasteiger partial charge >= 0.3 is 0 Å². The second-order valence-corrected chi connectivity index (χ2v) is 9.31. The Balaban J connectivity index is 1.74. The van der Waals surface area contributed by atoms with E-state index in [0.29, 0.717) is 17.9 Å². The summed E-state index contributed by atoms with van der Waals surface area (Å²) in [4.78, 5) is 0. The molecule has 152 valence electrons. The van der Waals surface area contributed by atoms with Gasteiger partial charge in [-0.25, -0.2) is 0 Å². The lowest BCUT2D eigenvalue weighted by atomic mass is 9.87. The van der Waals surface area contributed by atoms with Gasteiger partial charge in [0.2, 0.25) is 0 Å². The summed E-state index contributed by atoms with van der Waals surface area (Å²) in [5, 5.41) is 0. The van der Waals surface area contributed by atoms with Crippen molar-refractivity contribution >= 4 is 0 Å². The topological polar surface area (TPSA) is 9.23 Å². The molecule has 0 aliphatic heterocycles. The number of allylic oxidation sites excluding steroid dienone is 1. The van der Waals surface area contributed by atoms with Crippen LogP contribution < -0.4 is 0 Å². The first-order valence-electron chi connectivity index (χ1n) is 11.4. The highest BCUT2D eigenvalue weighted by Gasteiger charge is 2.18. The van der Waals surface area contributed by atoms with Crippen LogP contribution in [0.25, 0.3) is 0 Å². The van der Waals surface area contributed by atoms with E-state index in [9.17, 15) is 0 Å². The second kappa shape index (κ2) is 11.7. The summed E-state index contributed by atoms with van der Waals surface area (Å²) in [5.41, 5.74) is 2.93. The van der Waals surface area contributed by atoms with E-state index in [-0.39, 0.29) is 0 Å². The van der Waals surface area contributed by atoms with Gasteiger partial charge in [0.25, 0.3) is 0 Å². The molecule has 0 saturated carbocycles. The van der Waals surface area contributed by atoms with Crippen molar-refractivity contribution in [2.75, 3.05) is 6.61 Å². The highest BCUT2D eigenvalue weighted by molar-refractivity contribution is 5.29. The minimum Gasteiger partial charge on any atom is -0.374 e. The number of rotatable bonds is 11. The van der Waals surface area contributed by atoms with Gasteiger partial charge in [0, 0.05) is 12.5 Å². The van der Waals surface area contributed by atoms with Crippen LogP contribution in [0.15, 0.2) is 36.4 Å². The summed E-state index contributed by atoms with van der Waals surface area (Å²) in [5.74, 6) is 2.86. The minimum atomic E-state index is 0.317. The van der Waals surface area contributed by atoms with E-state index in [4.69, 9.17) is 4.74 Å². The third kappa shape index (κ3) is 8.21. The molecule has 4 atom stereocenters. The molecule has 0 N–H and O–H groups in total. The van der Waals surface area contributed by atoms with Gasteiger partial charge in [0.1, 0.15) is 0 Å². The number of hydrogen-bond acceptors (Lipinski definition) is 1. The van der Waals surface area contributed by atoms with Crippen molar-refractivity contribution in [3.8, 4) is 0 Å². The summed E-state index contributed by atoms with van der Waals surface area (Å²) in [6, 6.07) is 9.33. The van der Waals surface area contributed by atoms with Crippen molar-refractivity contribution < 1.29 is 4.74 Å². The molecule has 0 radical (unpaired) electrons. The standard InChI is InChI=1S/C26H42O/c1-6-21(4)8-9-22(5)19-27-26-17-15-25(16-18-26)24-13-11-23(12-14-24)10-7-20(2)3/h11-15,17,20-22,25-26H,6-10,16,18-19H2,1-5H3. The highest BCUT2D eigenvalue weighted by atomic mass is 16.5. The Kier molecular flexibility index (Phi) is 9.62. The summed E-state index contributed by atoms with van der Waals surface area (Å²) in [6.45, 7) is 12.5. The van der Waals surface area contributed by atoms with Crippen LogP contribution in [0.4, 0.5) is 0 Å². The molecule has 0 aromatic heterocycles. The fourth-order valence-electron chi connectivity index (χ4n) is 3.74. The summed E-state index contributed by atoms with van der Waals surface area (Å²) in [7, 11) is 0. The van der Waals surface area contributed by atoms with Crippen molar-refractivity contribution in [2.45, 2.75) is 91.6 Å². The average Bonchev–Trinajstić information content (AvgIpc) is 2.69. The van der Waals surface area contributed by atoms with Crippen molar-refractivity contribution in [2.24, 2.45) is 17.8 Å². The number of aryl methyl sites for hydroxylation is 1. The van der Waals surface area contributed by atoms with Crippen molar-refractivity contribution in [3.05, 3.63) is 47.5 Å². The molecule has 0 fully saturated rings. The molecule has 27 heavy (non-hydrogen) atoms. The van der Waals surface area contributed by atoms with Gasteiger partial charge in [-0.05, 0) is 61.0 Å². The van der Waals surface area contributed by atoms with Crippen LogP contribution in [0, 0.1) is 17.8 Å². The summed E-state index contributed by atoms with van der Waals surface area (Å²) in [6.07, 6.45) is 13.7. The molecule has 1 nitrogen and oxygen atoms in total. The Morgan fingerprint density at radius 1 is 0.889 bits per heavy atom. The van der Waals surface area contributed by atoms with Gasteiger partial charge in [-0.3, -0.25) is 0 Å². The van der Waals surface area contributed by atoms with Crippen LogP contribution in [0.5, 0.6) is 0 Å². The van der Waals surface area contributed by atoms with Crippen molar-refractivity contribution in [3.63, 3.8) is 0 Å². The minimum absolute atomic E-state index is 0.317. The van der Waals surface area contributed by atoms with E-state index in [1.54, 1.807) is 0 Å². The van der Waals surface area contributed by atoms with Crippen LogP contribution in [-0.2, 0) is 11.2 Å². The molecule has 2 rings (SSSR count). The smallest absolute Gasteiger partial charge is 0.0756 e. The zero-order chi connectivity index (χ0) is 19.6. The lowest BCUT2D eigenvalue weighted by Crippen LogP contribution is -2.19. The fourth-order valence-corrected chi connectivity index (χ4v) is 3.74. The van der Waals surface area contributed by atoms with Gasteiger partial charge in [-0.15, -0.1) is 0 Å². The van der Waals surface area contributed by atoms with Gasteiger partial charge < -0.3 is 4.74 Å². The lowest BCUT2D eigenvalue weighted by Gasteiger charge is -2.25. The van der Waals surface area contributed by atoms with Gasteiger partial charge in [-0.2, -0.15) is 0 Å². The largest absolute Gasteiger partial charge is 0.374 e. The molecule has 0 heterocycles. The quantitative estimate of drug-likeness (QED) is 0.365. The Morgan fingerprint density at radius 2 is 1.59 bits per heavy atom. The molecule has 1 aliphatic carbocycles. The van der Waals surface area contributed by atoms with Crippen LogP contribution in [0.3, 0.4) is 0 Å². The van der Waals surface area contributed by atoms with Crippen LogP contribution in [0.1, 0.15) is 90.2 Å².